The van der Waals surface area contributed by atoms with Crippen molar-refractivity contribution in [3.05, 3.63) is 71.8 Å². The molecule has 0 atom stereocenters. The van der Waals surface area contributed by atoms with Gasteiger partial charge in [-0.2, -0.15) is 11.8 Å². The number of carbonyl (C=O) groups is 1. The van der Waals surface area contributed by atoms with Gasteiger partial charge in [0.25, 0.3) is 0 Å². The molecule has 0 saturated carbocycles. The second kappa shape index (κ2) is 10.5. The quantitative estimate of drug-likeness (QED) is 0.536. The Morgan fingerprint density at radius 3 is 1.80 bits per heavy atom. The third-order valence-corrected chi connectivity index (χ3v) is 5.10. The van der Waals surface area contributed by atoms with Crippen molar-refractivity contribution in [1.82, 2.24) is 0 Å². The van der Waals surface area contributed by atoms with Crippen molar-refractivity contribution in [1.29, 1.82) is 0 Å². The number of phosphoric acid groups is 1. The molecule has 0 unspecified atom stereocenters. The number of phosphoric ester groups is 1. The second-order valence-electron chi connectivity index (χ2n) is 5.21. The maximum atomic E-state index is 12.8. The monoisotopic (exact) mass is 380 g/mol. The van der Waals surface area contributed by atoms with Gasteiger partial charge < -0.3 is 0 Å². The SMILES string of the molecule is CSCC(=O)COP(=O)(OCc1ccccc1)OCc1ccccc1. The third-order valence-electron chi connectivity index (χ3n) is 3.15. The first-order valence-electron chi connectivity index (χ1n) is 7.73. The summed E-state index contributed by atoms with van der Waals surface area (Å²) in [4.78, 5) is 11.7. The first-order chi connectivity index (χ1) is 12.1. The molecule has 0 N–H and O–H groups in total. The van der Waals surface area contributed by atoms with Gasteiger partial charge in [0.15, 0.2) is 5.78 Å². The first-order valence-corrected chi connectivity index (χ1v) is 10.6. The van der Waals surface area contributed by atoms with Crippen LogP contribution < -0.4 is 0 Å². The maximum Gasteiger partial charge on any atom is 0.475 e. The van der Waals surface area contributed by atoms with E-state index >= 15 is 0 Å². The van der Waals surface area contributed by atoms with Crippen LogP contribution in [0.4, 0.5) is 0 Å². The summed E-state index contributed by atoms with van der Waals surface area (Å²) in [6, 6.07) is 18.6. The summed E-state index contributed by atoms with van der Waals surface area (Å²) in [5.41, 5.74) is 1.68. The van der Waals surface area contributed by atoms with E-state index in [0.29, 0.717) is 0 Å². The van der Waals surface area contributed by atoms with Gasteiger partial charge in [0.05, 0.1) is 19.0 Å². The molecule has 5 nitrogen and oxygen atoms in total. The maximum absolute atomic E-state index is 12.8. The molecule has 0 aliphatic carbocycles. The molecule has 0 saturated heterocycles. The Bertz CT molecular complexity index is 646. The molecule has 0 fully saturated rings. The Morgan fingerprint density at radius 1 is 0.880 bits per heavy atom. The second-order valence-corrected chi connectivity index (χ2v) is 7.75. The van der Waals surface area contributed by atoms with Crippen LogP contribution >= 0.6 is 19.6 Å². The number of thioether (sulfide) groups is 1. The molecule has 0 heterocycles. The average molecular weight is 380 g/mol. The van der Waals surface area contributed by atoms with E-state index in [2.05, 4.69) is 0 Å². The Kier molecular flexibility index (Phi) is 8.38. The third kappa shape index (κ3) is 7.55. The van der Waals surface area contributed by atoms with Gasteiger partial charge in [-0.25, -0.2) is 4.57 Å². The zero-order valence-corrected chi connectivity index (χ0v) is 15.7. The number of benzene rings is 2. The van der Waals surface area contributed by atoms with Gasteiger partial charge in [-0.1, -0.05) is 60.7 Å². The molecule has 0 aliphatic rings. The molecule has 0 amide bonds. The van der Waals surface area contributed by atoms with E-state index in [0.717, 1.165) is 11.1 Å². The number of hydrogen-bond acceptors (Lipinski definition) is 6. The smallest absolute Gasteiger partial charge is 0.296 e. The van der Waals surface area contributed by atoms with Gasteiger partial charge in [-0.3, -0.25) is 18.4 Å². The molecule has 134 valence electrons. The van der Waals surface area contributed by atoms with Crippen LogP contribution in [-0.4, -0.2) is 24.4 Å². The number of Topliss-reactive ketones (excluding diaryl/α,β-unsaturated/α-hetero) is 1. The van der Waals surface area contributed by atoms with Crippen LogP contribution in [0.5, 0.6) is 0 Å². The predicted molar refractivity (Wildman–Crippen MR) is 99.4 cm³/mol. The van der Waals surface area contributed by atoms with Crippen molar-refractivity contribution in [2.45, 2.75) is 13.2 Å². The molecule has 0 radical (unpaired) electrons. The lowest BCUT2D eigenvalue weighted by Crippen LogP contribution is -2.12. The molecule has 0 spiro atoms. The minimum Gasteiger partial charge on any atom is -0.296 e. The highest BCUT2D eigenvalue weighted by molar-refractivity contribution is 7.99. The number of hydrogen-bond donors (Lipinski definition) is 0. The predicted octanol–water partition coefficient (Wildman–Crippen LogP) is 4.48. The van der Waals surface area contributed by atoms with Crippen molar-refractivity contribution in [3.8, 4) is 0 Å². The lowest BCUT2D eigenvalue weighted by Gasteiger charge is -2.18. The van der Waals surface area contributed by atoms with E-state index in [1.807, 2.05) is 66.9 Å². The van der Waals surface area contributed by atoms with Gasteiger partial charge in [0, 0.05) is 0 Å². The molecule has 25 heavy (non-hydrogen) atoms. The molecule has 0 aliphatic heterocycles. The molecule has 2 aromatic rings. The van der Waals surface area contributed by atoms with Crippen molar-refractivity contribution in [2.24, 2.45) is 0 Å². The van der Waals surface area contributed by atoms with E-state index in [9.17, 15) is 9.36 Å². The van der Waals surface area contributed by atoms with Crippen LogP contribution in [0.2, 0.25) is 0 Å². The molecule has 0 bridgehead atoms. The number of rotatable bonds is 11. The van der Waals surface area contributed by atoms with Crippen LogP contribution in [0, 0.1) is 0 Å². The molecular formula is C18H21O5PS. The Labute approximate surface area is 152 Å². The van der Waals surface area contributed by atoms with Gasteiger partial charge >= 0.3 is 7.82 Å². The summed E-state index contributed by atoms with van der Waals surface area (Å²) in [5.74, 6) is 0.122. The summed E-state index contributed by atoms with van der Waals surface area (Å²) >= 11 is 1.38. The minimum atomic E-state index is -3.86. The van der Waals surface area contributed by atoms with Gasteiger partial charge in [-0.05, 0) is 17.4 Å². The van der Waals surface area contributed by atoms with Gasteiger partial charge in [-0.15, -0.1) is 0 Å². The minimum absolute atomic E-state index is 0.0730. The van der Waals surface area contributed by atoms with Gasteiger partial charge in [0.1, 0.15) is 6.61 Å². The van der Waals surface area contributed by atoms with Crippen LogP contribution in [-0.2, 0) is 36.1 Å². The zero-order chi connectivity index (χ0) is 18.0. The first kappa shape index (κ1) is 19.9. The largest absolute Gasteiger partial charge is 0.475 e. The van der Waals surface area contributed by atoms with Crippen LogP contribution in [0.25, 0.3) is 0 Å². The Hall–Kier alpha value is -1.43. The standard InChI is InChI=1S/C18H21O5PS/c1-25-15-18(19)14-23-24(20,21-12-16-8-4-2-5-9-16)22-13-17-10-6-3-7-11-17/h2-11H,12-15H2,1H3. The highest BCUT2D eigenvalue weighted by Crippen LogP contribution is 2.50. The molecule has 2 aromatic carbocycles. The summed E-state index contributed by atoms with van der Waals surface area (Å²) in [6.07, 6.45) is 1.81. The van der Waals surface area contributed by atoms with Crippen molar-refractivity contribution >= 4 is 25.4 Å². The highest BCUT2D eigenvalue weighted by Gasteiger charge is 2.28. The van der Waals surface area contributed by atoms with Crippen LogP contribution in [0.3, 0.4) is 0 Å². The van der Waals surface area contributed by atoms with Crippen molar-refractivity contribution < 1.29 is 22.9 Å². The van der Waals surface area contributed by atoms with Crippen LogP contribution in [0.1, 0.15) is 11.1 Å². The summed E-state index contributed by atoms with van der Waals surface area (Å²) in [5, 5.41) is 0. The van der Waals surface area contributed by atoms with E-state index in [1.165, 1.54) is 11.8 Å². The van der Waals surface area contributed by atoms with Crippen molar-refractivity contribution in [2.75, 3.05) is 18.6 Å². The normalized spacial score (nSPS) is 11.4. The molecule has 2 rings (SSSR count). The number of carbonyl (C=O) groups excluding carboxylic acids is 1. The summed E-state index contributed by atoms with van der Waals surface area (Å²) < 4.78 is 28.9. The Balaban J connectivity index is 1.98. The van der Waals surface area contributed by atoms with E-state index < -0.39 is 7.82 Å². The summed E-state index contributed by atoms with van der Waals surface area (Å²) in [7, 11) is -3.86. The highest BCUT2D eigenvalue weighted by atomic mass is 32.2. The fourth-order valence-electron chi connectivity index (χ4n) is 1.92. The summed E-state index contributed by atoms with van der Waals surface area (Å²) in [6.45, 7) is -0.158. The average Bonchev–Trinajstić information content (AvgIpc) is 2.65. The fourth-order valence-corrected chi connectivity index (χ4v) is 3.47. The van der Waals surface area contributed by atoms with Crippen LogP contribution in [0.15, 0.2) is 60.7 Å². The van der Waals surface area contributed by atoms with E-state index in [1.54, 1.807) is 0 Å². The van der Waals surface area contributed by atoms with E-state index in [4.69, 9.17) is 13.6 Å². The number of ketones is 1. The zero-order valence-electron chi connectivity index (χ0n) is 14.0. The fraction of sp³-hybridized carbons (Fsp3) is 0.278. The van der Waals surface area contributed by atoms with Gasteiger partial charge in [0.2, 0.25) is 0 Å². The Morgan fingerprint density at radius 2 is 1.36 bits per heavy atom. The molecule has 7 heteroatoms. The van der Waals surface area contributed by atoms with E-state index in [-0.39, 0.29) is 31.4 Å². The lowest BCUT2D eigenvalue weighted by atomic mass is 10.2. The molecule has 0 aromatic heterocycles. The molecular weight excluding hydrogens is 359 g/mol. The topological polar surface area (TPSA) is 61.8 Å². The van der Waals surface area contributed by atoms with Crippen molar-refractivity contribution in [3.63, 3.8) is 0 Å². The lowest BCUT2D eigenvalue weighted by molar-refractivity contribution is -0.119.